The zero-order chi connectivity index (χ0) is 14.7. The van der Waals surface area contributed by atoms with Gasteiger partial charge in [-0.2, -0.15) is 5.26 Å². The minimum atomic E-state index is 0.119. The summed E-state index contributed by atoms with van der Waals surface area (Å²) >= 11 is 0. The normalized spacial score (nSPS) is 11.9. The van der Waals surface area contributed by atoms with Gasteiger partial charge in [0.1, 0.15) is 17.1 Å². The van der Waals surface area contributed by atoms with Crippen LogP contribution >= 0.6 is 0 Å². The van der Waals surface area contributed by atoms with E-state index >= 15 is 0 Å². The van der Waals surface area contributed by atoms with Gasteiger partial charge in [0.15, 0.2) is 0 Å². The van der Waals surface area contributed by atoms with Crippen molar-refractivity contribution in [3.8, 4) is 17.5 Å². The van der Waals surface area contributed by atoms with Gasteiger partial charge < -0.3 is 10.1 Å². The summed E-state index contributed by atoms with van der Waals surface area (Å²) in [4.78, 5) is 0. The first-order chi connectivity index (χ1) is 9.62. The quantitative estimate of drug-likeness (QED) is 0.916. The van der Waals surface area contributed by atoms with E-state index in [2.05, 4.69) is 21.7 Å². The van der Waals surface area contributed by atoms with Crippen molar-refractivity contribution in [2.75, 3.05) is 14.2 Å². The van der Waals surface area contributed by atoms with E-state index < -0.39 is 0 Å². The molecule has 0 aliphatic heterocycles. The molecule has 1 atom stereocenters. The first-order valence-electron chi connectivity index (χ1n) is 6.30. The summed E-state index contributed by atoms with van der Waals surface area (Å²) in [5.41, 5.74) is 3.15. The summed E-state index contributed by atoms with van der Waals surface area (Å²) in [5, 5.41) is 20.5. The van der Waals surface area contributed by atoms with Crippen LogP contribution in [0, 0.1) is 18.3 Å². The largest absolute Gasteiger partial charge is 0.494 e. The van der Waals surface area contributed by atoms with E-state index in [1.54, 1.807) is 23.9 Å². The lowest BCUT2D eigenvalue weighted by Crippen LogP contribution is -2.14. The SMILES string of the molecule is CNC(C)c1nnn(-c2ccc(C#N)cc2OC)c1C. The first-order valence-corrected chi connectivity index (χ1v) is 6.30. The third kappa shape index (κ3) is 2.36. The van der Waals surface area contributed by atoms with Gasteiger partial charge in [0.05, 0.1) is 30.5 Å². The highest BCUT2D eigenvalue weighted by atomic mass is 16.5. The van der Waals surface area contributed by atoms with E-state index in [-0.39, 0.29) is 6.04 Å². The van der Waals surface area contributed by atoms with Crippen LogP contribution in [0.4, 0.5) is 0 Å². The molecule has 1 aromatic heterocycles. The Kier molecular flexibility index (Phi) is 4.01. The maximum Gasteiger partial charge on any atom is 0.145 e. The Labute approximate surface area is 118 Å². The van der Waals surface area contributed by atoms with E-state index in [4.69, 9.17) is 10.00 Å². The Morgan fingerprint density at radius 1 is 1.45 bits per heavy atom. The van der Waals surface area contributed by atoms with Crippen molar-refractivity contribution in [1.82, 2.24) is 20.3 Å². The van der Waals surface area contributed by atoms with Crippen molar-refractivity contribution < 1.29 is 4.74 Å². The van der Waals surface area contributed by atoms with Crippen LogP contribution < -0.4 is 10.1 Å². The number of methoxy groups -OCH3 is 1. The molecular weight excluding hydrogens is 254 g/mol. The summed E-state index contributed by atoms with van der Waals surface area (Å²) in [6.07, 6.45) is 0. The van der Waals surface area contributed by atoms with Crippen LogP contribution in [0.5, 0.6) is 5.75 Å². The van der Waals surface area contributed by atoms with Crippen molar-refractivity contribution in [1.29, 1.82) is 5.26 Å². The van der Waals surface area contributed by atoms with Crippen molar-refractivity contribution in [3.63, 3.8) is 0 Å². The number of nitriles is 1. The Balaban J connectivity index is 2.52. The van der Waals surface area contributed by atoms with Gasteiger partial charge in [-0.3, -0.25) is 0 Å². The van der Waals surface area contributed by atoms with Crippen molar-refractivity contribution in [2.24, 2.45) is 0 Å². The maximum atomic E-state index is 8.93. The zero-order valence-electron chi connectivity index (χ0n) is 12.0. The number of hydrogen-bond donors (Lipinski definition) is 1. The number of nitrogens with zero attached hydrogens (tertiary/aromatic N) is 4. The number of ether oxygens (including phenoxy) is 1. The van der Waals surface area contributed by atoms with E-state index in [0.29, 0.717) is 11.3 Å². The molecule has 0 aliphatic rings. The molecule has 0 amide bonds. The average Bonchev–Trinajstić information content (AvgIpc) is 2.87. The molecule has 6 nitrogen and oxygen atoms in total. The lowest BCUT2D eigenvalue weighted by Gasteiger charge is -2.11. The van der Waals surface area contributed by atoms with E-state index in [9.17, 15) is 0 Å². The highest BCUT2D eigenvalue weighted by Gasteiger charge is 2.17. The van der Waals surface area contributed by atoms with Gasteiger partial charge in [0.2, 0.25) is 0 Å². The van der Waals surface area contributed by atoms with Crippen LogP contribution in [0.3, 0.4) is 0 Å². The molecule has 0 saturated carbocycles. The second-order valence-electron chi connectivity index (χ2n) is 4.48. The standard InChI is InChI=1S/C14H17N5O/c1-9(16-3)14-10(2)19(18-17-14)12-6-5-11(8-15)7-13(12)20-4/h5-7,9,16H,1-4H3. The predicted octanol–water partition coefficient (Wildman–Crippen LogP) is 1.74. The number of hydrogen-bond acceptors (Lipinski definition) is 5. The molecule has 0 radical (unpaired) electrons. The van der Waals surface area contributed by atoms with Crippen LogP contribution in [0.2, 0.25) is 0 Å². The molecule has 1 aromatic carbocycles. The molecule has 20 heavy (non-hydrogen) atoms. The topological polar surface area (TPSA) is 75.8 Å². The second kappa shape index (κ2) is 5.72. The summed E-state index contributed by atoms with van der Waals surface area (Å²) < 4.78 is 7.06. The van der Waals surface area contributed by atoms with Gasteiger partial charge in [0, 0.05) is 6.07 Å². The highest BCUT2D eigenvalue weighted by molar-refractivity contribution is 5.52. The molecule has 6 heteroatoms. The smallest absolute Gasteiger partial charge is 0.145 e. The summed E-state index contributed by atoms with van der Waals surface area (Å²) in [7, 11) is 3.45. The molecule has 2 aromatic rings. The predicted molar refractivity (Wildman–Crippen MR) is 74.8 cm³/mol. The minimum Gasteiger partial charge on any atom is -0.494 e. The third-order valence-corrected chi connectivity index (χ3v) is 3.31. The molecule has 1 heterocycles. The molecule has 0 saturated heterocycles. The number of aromatic nitrogens is 3. The fourth-order valence-electron chi connectivity index (χ4n) is 2.03. The zero-order valence-corrected chi connectivity index (χ0v) is 12.0. The van der Waals surface area contributed by atoms with Crippen molar-refractivity contribution >= 4 is 0 Å². The summed E-state index contributed by atoms with van der Waals surface area (Å²) in [6.45, 7) is 3.98. The van der Waals surface area contributed by atoms with Gasteiger partial charge >= 0.3 is 0 Å². The fourth-order valence-corrected chi connectivity index (χ4v) is 2.03. The van der Waals surface area contributed by atoms with Gasteiger partial charge in [0.25, 0.3) is 0 Å². The number of nitrogens with one attached hydrogen (secondary N) is 1. The Bertz CT molecular complexity index is 656. The first kappa shape index (κ1) is 14.0. The Morgan fingerprint density at radius 2 is 2.20 bits per heavy atom. The van der Waals surface area contributed by atoms with Crippen LogP contribution in [0.1, 0.15) is 29.9 Å². The monoisotopic (exact) mass is 271 g/mol. The van der Waals surface area contributed by atoms with Crippen LogP contribution in [0.15, 0.2) is 18.2 Å². The molecule has 0 fully saturated rings. The van der Waals surface area contributed by atoms with E-state index in [1.807, 2.05) is 27.0 Å². The lowest BCUT2D eigenvalue weighted by molar-refractivity contribution is 0.411. The van der Waals surface area contributed by atoms with Gasteiger partial charge in [-0.25, -0.2) is 4.68 Å². The van der Waals surface area contributed by atoms with Crippen molar-refractivity contribution in [2.45, 2.75) is 19.9 Å². The van der Waals surface area contributed by atoms with Gasteiger partial charge in [-0.15, -0.1) is 5.10 Å². The highest BCUT2D eigenvalue weighted by Crippen LogP contribution is 2.26. The average molecular weight is 271 g/mol. The number of rotatable bonds is 4. The second-order valence-corrected chi connectivity index (χ2v) is 4.48. The maximum absolute atomic E-state index is 8.93. The minimum absolute atomic E-state index is 0.119. The van der Waals surface area contributed by atoms with E-state index in [1.165, 1.54) is 0 Å². The van der Waals surface area contributed by atoms with Crippen LogP contribution in [-0.2, 0) is 0 Å². The fraction of sp³-hybridized carbons (Fsp3) is 0.357. The van der Waals surface area contributed by atoms with E-state index in [0.717, 1.165) is 17.1 Å². The Hall–Kier alpha value is -2.39. The molecule has 0 aliphatic carbocycles. The summed E-state index contributed by atoms with van der Waals surface area (Å²) in [5.74, 6) is 0.598. The van der Waals surface area contributed by atoms with Crippen molar-refractivity contribution in [3.05, 3.63) is 35.2 Å². The molecular formula is C14H17N5O. The molecule has 104 valence electrons. The third-order valence-electron chi connectivity index (χ3n) is 3.31. The molecule has 0 bridgehead atoms. The van der Waals surface area contributed by atoms with Gasteiger partial charge in [-0.05, 0) is 33.0 Å². The summed E-state index contributed by atoms with van der Waals surface area (Å²) in [6, 6.07) is 7.45. The molecule has 1 N–H and O–H groups in total. The lowest BCUT2D eigenvalue weighted by atomic mass is 10.2. The molecule has 1 unspecified atom stereocenters. The number of benzene rings is 1. The molecule has 2 rings (SSSR count). The van der Waals surface area contributed by atoms with Crippen LogP contribution in [-0.4, -0.2) is 29.2 Å². The van der Waals surface area contributed by atoms with Gasteiger partial charge in [-0.1, -0.05) is 5.21 Å². The molecule has 0 spiro atoms. The Morgan fingerprint density at radius 3 is 2.80 bits per heavy atom. The van der Waals surface area contributed by atoms with Crippen LogP contribution in [0.25, 0.3) is 5.69 Å².